The van der Waals surface area contributed by atoms with Crippen molar-refractivity contribution in [2.45, 2.75) is 45.3 Å². The summed E-state index contributed by atoms with van der Waals surface area (Å²) in [6, 6.07) is 9.69. The fourth-order valence-corrected chi connectivity index (χ4v) is 4.29. The molecule has 0 saturated carbocycles. The Balaban J connectivity index is 1.38. The molecule has 32 heavy (non-hydrogen) atoms. The molecule has 3 heterocycles. The molecule has 1 aliphatic rings. The second-order valence-corrected chi connectivity index (χ2v) is 9.64. The van der Waals surface area contributed by atoms with Crippen molar-refractivity contribution in [3.05, 3.63) is 53.8 Å². The van der Waals surface area contributed by atoms with Crippen molar-refractivity contribution < 1.29 is 14.3 Å². The smallest absolute Gasteiger partial charge is 0.410 e. The van der Waals surface area contributed by atoms with Crippen LogP contribution in [0.15, 0.2) is 48.1 Å². The zero-order valence-electron chi connectivity index (χ0n) is 18.4. The van der Waals surface area contributed by atoms with E-state index in [-0.39, 0.29) is 18.0 Å². The minimum absolute atomic E-state index is 0.130. The molecule has 9 heteroatoms. The summed E-state index contributed by atoms with van der Waals surface area (Å²) in [6.45, 7) is 6.60. The number of hydrogen-bond donors (Lipinski definition) is 1. The molecule has 0 spiro atoms. The van der Waals surface area contributed by atoms with Crippen LogP contribution in [0.1, 0.15) is 44.1 Å². The molecule has 3 aromatic rings. The second kappa shape index (κ2) is 9.12. The number of rotatable bonds is 4. The Bertz CT molecular complexity index is 1090. The Hall–Kier alpha value is -3.20. The molecule has 2 amide bonds. The summed E-state index contributed by atoms with van der Waals surface area (Å²) < 4.78 is 7.24. The summed E-state index contributed by atoms with van der Waals surface area (Å²) in [5.74, 6) is -0.237. The van der Waals surface area contributed by atoms with E-state index in [2.05, 4.69) is 15.4 Å². The largest absolute Gasteiger partial charge is 0.444 e. The van der Waals surface area contributed by atoms with Crippen molar-refractivity contribution in [2.75, 3.05) is 13.1 Å². The second-order valence-electron chi connectivity index (χ2n) is 8.79. The average molecular weight is 454 g/mol. The molecule has 168 valence electrons. The number of thiazole rings is 1. The standard InChI is InChI=1S/C23H27N5O3S/c1-23(2,3)31-22(30)27-11-7-8-17(14-27)25-20(29)19-15-32-21(26-19)16-12-24-28(13-16)18-9-5-4-6-10-18/h4-6,9-10,12-13,15,17H,7-8,11,14H2,1-3H3,(H,25,29)/t17-/m1/s1. The van der Waals surface area contributed by atoms with E-state index in [0.29, 0.717) is 18.8 Å². The Labute approximate surface area is 191 Å². The highest BCUT2D eigenvalue weighted by atomic mass is 32.1. The lowest BCUT2D eigenvalue weighted by Crippen LogP contribution is -2.50. The number of para-hydroxylation sites is 1. The van der Waals surface area contributed by atoms with Crippen molar-refractivity contribution in [3.8, 4) is 16.3 Å². The van der Waals surface area contributed by atoms with Crippen LogP contribution in [-0.4, -0.2) is 56.4 Å². The molecule has 4 rings (SSSR count). The molecule has 1 atom stereocenters. The van der Waals surface area contributed by atoms with Gasteiger partial charge >= 0.3 is 6.09 Å². The molecule has 1 aromatic carbocycles. The topological polar surface area (TPSA) is 89.4 Å². The highest BCUT2D eigenvalue weighted by molar-refractivity contribution is 7.13. The number of likely N-dealkylation sites (tertiary alicyclic amines) is 1. The summed E-state index contributed by atoms with van der Waals surface area (Å²) in [5, 5.41) is 9.89. The van der Waals surface area contributed by atoms with Gasteiger partial charge in [0.2, 0.25) is 0 Å². The van der Waals surface area contributed by atoms with Gasteiger partial charge in [0, 0.05) is 36.3 Å². The predicted octanol–water partition coefficient (Wildman–Crippen LogP) is 4.13. The lowest BCUT2D eigenvalue weighted by Gasteiger charge is -2.34. The number of nitrogens with zero attached hydrogens (tertiary/aromatic N) is 4. The van der Waals surface area contributed by atoms with Crippen LogP contribution in [0.3, 0.4) is 0 Å². The number of ether oxygens (including phenoxy) is 1. The van der Waals surface area contributed by atoms with Crippen LogP contribution in [-0.2, 0) is 4.74 Å². The molecule has 1 N–H and O–H groups in total. The van der Waals surface area contributed by atoms with E-state index < -0.39 is 5.60 Å². The first kappa shape index (κ1) is 22.0. The number of benzene rings is 1. The average Bonchev–Trinajstić information content (AvgIpc) is 3.43. The normalized spacial score (nSPS) is 16.6. The third kappa shape index (κ3) is 5.34. The van der Waals surface area contributed by atoms with E-state index in [0.717, 1.165) is 29.1 Å². The number of piperidine rings is 1. The fourth-order valence-electron chi connectivity index (χ4n) is 3.51. The maximum atomic E-state index is 12.8. The van der Waals surface area contributed by atoms with Gasteiger partial charge in [-0.3, -0.25) is 4.79 Å². The number of aromatic nitrogens is 3. The zero-order chi connectivity index (χ0) is 22.7. The predicted molar refractivity (Wildman–Crippen MR) is 123 cm³/mol. The molecule has 8 nitrogen and oxygen atoms in total. The van der Waals surface area contributed by atoms with Gasteiger partial charge in [0.25, 0.3) is 5.91 Å². The van der Waals surface area contributed by atoms with E-state index in [4.69, 9.17) is 4.74 Å². The third-order valence-corrected chi connectivity index (χ3v) is 5.89. The summed E-state index contributed by atoms with van der Waals surface area (Å²) >= 11 is 1.40. The Kier molecular flexibility index (Phi) is 6.27. The van der Waals surface area contributed by atoms with Crippen molar-refractivity contribution in [3.63, 3.8) is 0 Å². The van der Waals surface area contributed by atoms with Crippen molar-refractivity contribution >= 4 is 23.3 Å². The van der Waals surface area contributed by atoms with Crippen LogP contribution in [0.5, 0.6) is 0 Å². The molecule has 2 aromatic heterocycles. The summed E-state index contributed by atoms with van der Waals surface area (Å²) in [5.41, 5.74) is 1.64. The van der Waals surface area contributed by atoms with Gasteiger partial charge in [-0.2, -0.15) is 5.10 Å². The Morgan fingerprint density at radius 1 is 1.22 bits per heavy atom. The van der Waals surface area contributed by atoms with Gasteiger partial charge in [-0.25, -0.2) is 14.5 Å². The quantitative estimate of drug-likeness (QED) is 0.642. The van der Waals surface area contributed by atoms with E-state index in [1.807, 2.05) is 57.3 Å². The number of hydrogen-bond acceptors (Lipinski definition) is 6. The molecule has 0 bridgehead atoms. The molecule has 1 fully saturated rings. The lowest BCUT2D eigenvalue weighted by molar-refractivity contribution is 0.0185. The van der Waals surface area contributed by atoms with Crippen molar-refractivity contribution in [1.82, 2.24) is 25.0 Å². The minimum Gasteiger partial charge on any atom is -0.444 e. The van der Waals surface area contributed by atoms with E-state index in [1.54, 1.807) is 21.2 Å². The molecule has 0 unspecified atom stereocenters. The van der Waals surface area contributed by atoms with Gasteiger partial charge in [-0.1, -0.05) is 18.2 Å². The summed E-state index contributed by atoms with van der Waals surface area (Å²) in [6.07, 6.45) is 4.92. The van der Waals surface area contributed by atoms with Crippen LogP contribution in [0, 0.1) is 0 Å². The molecular weight excluding hydrogens is 426 g/mol. The van der Waals surface area contributed by atoms with Gasteiger partial charge in [0.1, 0.15) is 16.3 Å². The summed E-state index contributed by atoms with van der Waals surface area (Å²) in [4.78, 5) is 31.3. The van der Waals surface area contributed by atoms with Crippen molar-refractivity contribution in [2.24, 2.45) is 0 Å². The highest BCUT2D eigenvalue weighted by Crippen LogP contribution is 2.24. The van der Waals surface area contributed by atoms with Crippen LogP contribution < -0.4 is 5.32 Å². The number of amides is 2. The fraction of sp³-hybridized carbons (Fsp3) is 0.391. The first-order chi connectivity index (χ1) is 15.3. The maximum Gasteiger partial charge on any atom is 0.410 e. The van der Waals surface area contributed by atoms with Crippen molar-refractivity contribution in [1.29, 1.82) is 0 Å². The minimum atomic E-state index is -0.543. The van der Waals surface area contributed by atoms with Gasteiger partial charge in [-0.05, 0) is 45.7 Å². The first-order valence-corrected chi connectivity index (χ1v) is 11.5. The van der Waals surface area contributed by atoms with Crippen LogP contribution in [0.4, 0.5) is 4.79 Å². The van der Waals surface area contributed by atoms with E-state index in [9.17, 15) is 9.59 Å². The van der Waals surface area contributed by atoms with Gasteiger partial charge in [-0.15, -0.1) is 11.3 Å². The monoisotopic (exact) mass is 453 g/mol. The maximum absolute atomic E-state index is 12.8. The van der Waals surface area contributed by atoms with Gasteiger partial charge < -0.3 is 15.0 Å². The molecule has 0 aliphatic carbocycles. The number of nitrogens with one attached hydrogen (secondary N) is 1. The number of carbonyl (C=O) groups is 2. The van der Waals surface area contributed by atoms with Crippen LogP contribution in [0.25, 0.3) is 16.3 Å². The molecule has 1 aliphatic heterocycles. The Morgan fingerprint density at radius 3 is 2.75 bits per heavy atom. The third-order valence-electron chi connectivity index (χ3n) is 5.00. The van der Waals surface area contributed by atoms with Crippen LogP contribution in [0.2, 0.25) is 0 Å². The number of carbonyl (C=O) groups excluding carboxylic acids is 2. The summed E-state index contributed by atoms with van der Waals surface area (Å²) in [7, 11) is 0. The highest BCUT2D eigenvalue weighted by Gasteiger charge is 2.29. The zero-order valence-corrected chi connectivity index (χ0v) is 19.3. The lowest BCUT2D eigenvalue weighted by atomic mass is 10.1. The van der Waals surface area contributed by atoms with E-state index in [1.165, 1.54) is 11.3 Å². The molecular formula is C23H27N5O3S. The molecule has 0 radical (unpaired) electrons. The van der Waals surface area contributed by atoms with E-state index >= 15 is 0 Å². The van der Waals surface area contributed by atoms with Gasteiger partial charge in [0.15, 0.2) is 0 Å². The Morgan fingerprint density at radius 2 is 2.00 bits per heavy atom. The van der Waals surface area contributed by atoms with Crippen LogP contribution >= 0.6 is 11.3 Å². The molecule has 1 saturated heterocycles. The SMILES string of the molecule is CC(C)(C)OC(=O)N1CCC[C@@H](NC(=O)c2csc(-c3cnn(-c4ccccc4)c3)n2)C1. The van der Waals surface area contributed by atoms with Gasteiger partial charge in [0.05, 0.1) is 11.9 Å². The first-order valence-electron chi connectivity index (χ1n) is 10.6.